The second kappa shape index (κ2) is 4.70. The van der Waals surface area contributed by atoms with E-state index in [0.717, 1.165) is 21.7 Å². The molecule has 0 saturated carbocycles. The second-order valence-electron chi connectivity index (χ2n) is 3.92. The summed E-state index contributed by atoms with van der Waals surface area (Å²) in [6.45, 7) is 0. The van der Waals surface area contributed by atoms with Crippen molar-refractivity contribution in [1.82, 2.24) is 0 Å². The van der Waals surface area contributed by atoms with Crippen LogP contribution in [-0.2, 0) is 10.8 Å². The summed E-state index contributed by atoms with van der Waals surface area (Å²) in [6.07, 6.45) is 1.62. The normalized spacial score (nSPS) is 17.8. The van der Waals surface area contributed by atoms with Crippen molar-refractivity contribution < 1.29 is 4.21 Å². The predicted molar refractivity (Wildman–Crippen MR) is 74.1 cm³/mol. The van der Waals surface area contributed by atoms with E-state index in [1.807, 2.05) is 54.6 Å². The lowest BCUT2D eigenvalue weighted by molar-refractivity contribution is 0.688. The fourth-order valence-electron chi connectivity index (χ4n) is 1.97. The first-order valence-corrected chi connectivity index (χ1v) is 6.87. The lowest BCUT2D eigenvalue weighted by atomic mass is 10.0. The predicted octanol–water partition coefficient (Wildman–Crippen LogP) is 3.12. The van der Waals surface area contributed by atoms with Gasteiger partial charge in [0, 0.05) is 22.7 Å². The largest absolute Gasteiger partial charge is 0.255 e. The van der Waals surface area contributed by atoms with Crippen LogP contribution in [0.4, 0.5) is 0 Å². The molecule has 3 heteroatoms. The Kier molecular flexibility index (Phi) is 2.90. The Hall–Kier alpha value is -2.00. The summed E-state index contributed by atoms with van der Waals surface area (Å²) >= 11 is 0. The van der Waals surface area contributed by atoms with E-state index in [0.29, 0.717) is 0 Å². The molecule has 1 unspecified atom stereocenters. The van der Waals surface area contributed by atoms with Crippen molar-refractivity contribution in [2.24, 2.45) is 4.99 Å². The summed E-state index contributed by atoms with van der Waals surface area (Å²) in [5, 5.41) is 1.62. The molecule has 88 valence electrons. The van der Waals surface area contributed by atoms with Gasteiger partial charge in [0.2, 0.25) is 0 Å². The Morgan fingerprint density at radius 2 is 1.61 bits per heavy atom. The number of fused-ring (bicyclic) bond motifs is 1. The zero-order valence-electron chi connectivity index (χ0n) is 9.61. The monoisotopic (exact) mass is 253 g/mol. The highest BCUT2D eigenvalue weighted by molar-refractivity contribution is 7.88. The molecule has 0 aliphatic carbocycles. The Morgan fingerprint density at radius 3 is 2.44 bits per heavy atom. The van der Waals surface area contributed by atoms with Gasteiger partial charge in [-0.1, -0.05) is 48.5 Å². The molecular weight excluding hydrogens is 242 g/mol. The molecule has 2 nitrogen and oxygen atoms in total. The Morgan fingerprint density at radius 1 is 0.889 bits per heavy atom. The van der Waals surface area contributed by atoms with Crippen LogP contribution in [0.1, 0.15) is 11.1 Å². The third kappa shape index (κ3) is 1.93. The molecular formula is C15H11NOS. The van der Waals surface area contributed by atoms with Crippen LogP contribution in [0.5, 0.6) is 0 Å². The number of hydrogen-bond acceptors (Lipinski definition) is 2. The first kappa shape index (κ1) is 11.1. The van der Waals surface area contributed by atoms with E-state index in [-0.39, 0.29) is 0 Å². The van der Waals surface area contributed by atoms with Gasteiger partial charge < -0.3 is 0 Å². The fourth-order valence-corrected chi connectivity index (χ4v) is 2.88. The van der Waals surface area contributed by atoms with Crippen LogP contribution in [0.3, 0.4) is 0 Å². The highest BCUT2D eigenvalue weighted by Crippen LogP contribution is 2.21. The van der Waals surface area contributed by atoms with Crippen LogP contribution in [0.25, 0.3) is 0 Å². The summed E-state index contributed by atoms with van der Waals surface area (Å²) in [4.78, 5) is 5.24. The first-order valence-electron chi connectivity index (χ1n) is 5.66. The maximum atomic E-state index is 12.0. The quantitative estimate of drug-likeness (QED) is 0.767. The average molecular weight is 253 g/mol. The van der Waals surface area contributed by atoms with Crippen molar-refractivity contribution in [2.75, 3.05) is 0 Å². The van der Waals surface area contributed by atoms with Gasteiger partial charge in [-0.05, 0) is 6.07 Å². The standard InChI is InChI=1S/C15H11NOS/c17-18-11-10-16-15(12-6-2-1-3-7-12)13-8-4-5-9-14(13)18/h1-11H. The number of rotatable bonds is 1. The van der Waals surface area contributed by atoms with Crippen LogP contribution in [-0.4, -0.2) is 9.92 Å². The van der Waals surface area contributed by atoms with Crippen LogP contribution >= 0.6 is 0 Å². The summed E-state index contributed by atoms with van der Waals surface area (Å²) in [6, 6.07) is 17.7. The molecule has 0 bridgehead atoms. The molecule has 2 aromatic carbocycles. The van der Waals surface area contributed by atoms with Crippen LogP contribution in [0.15, 0.2) is 76.1 Å². The molecule has 0 radical (unpaired) electrons. The van der Waals surface area contributed by atoms with Crippen LogP contribution in [0, 0.1) is 0 Å². The molecule has 2 aromatic rings. The van der Waals surface area contributed by atoms with Gasteiger partial charge in [-0.25, -0.2) is 4.21 Å². The van der Waals surface area contributed by atoms with Crippen molar-refractivity contribution in [3.8, 4) is 0 Å². The summed E-state index contributed by atoms with van der Waals surface area (Å²) in [7, 11) is -1.12. The van der Waals surface area contributed by atoms with Gasteiger partial charge in [-0.3, -0.25) is 4.99 Å². The summed E-state index contributed by atoms with van der Waals surface area (Å²) in [5.41, 5.74) is 2.84. The minimum Gasteiger partial charge on any atom is -0.255 e. The van der Waals surface area contributed by atoms with Gasteiger partial charge >= 0.3 is 0 Å². The molecule has 0 spiro atoms. The average Bonchev–Trinajstić information content (AvgIpc) is 2.60. The molecule has 3 rings (SSSR count). The number of hydrogen-bond donors (Lipinski definition) is 0. The Labute approximate surface area is 108 Å². The van der Waals surface area contributed by atoms with Gasteiger partial charge in [-0.15, -0.1) is 0 Å². The molecule has 0 amide bonds. The van der Waals surface area contributed by atoms with Crippen molar-refractivity contribution in [3.05, 3.63) is 77.3 Å². The van der Waals surface area contributed by atoms with Gasteiger partial charge in [0.1, 0.15) is 0 Å². The number of aliphatic imine (C=N–C) groups is 1. The van der Waals surface area contributed by atoms with E-state index in [1.165, 1.54) is 0 Å². The zero-order valence-corrected chi connectivity index (χ0v) is 10.4. The molecule has 1 atom stereocenters. The zero-order chi connectivity index (χ0) is 12.4. The fraction of sp³-hybridized carbons (Fsp3) is 0. The van der Waals surface area contributed by atoms with E-state index in [4.69, 9.17) is 0 Å². The van der Waals surface area contributed by atoms with E-state index in [9.17, 15) is 4.21 Å². The minimum absolute atomic E-state index is 0.814. The second-order valence-corrected chi connectivity index (χ2v) is 5.23. The van der Waals surface area contributed by atoms with E-state index >= 15 is 0 Å². The van der Waals surface area contributed by atoms with Gasteiger partial charge in [0.25, 0.3) is 0 Å². The van der Waals surface area contributed by atoms with Gasteiger partial charge in [-0.2, -0.15) is 0 Å². The maximum Gasteiger partial charge on any atom is 0.0798 e. The SMILES string of the molecule is O=S1C=CN=C(c2ccccc2)c2ccccc21. The first-order chi connectivity index (χ1) is 8.86. The number of benzene rings is 2. The lowest BCUT2D eigenvalue weighted by Crippen LogP contribution is -2.05. The van der Waals surface area contributed by atoms with E-state index in [2.05, 4.69) is 4.99 Å². The molecule has 1 aliphatic heterocycles. The molecule has 1 aliphatic rings. The van der Waals surface area contributed by atoms with Gasteiger partial charge in [0.15, 0.2) is 0 Å². The van der Waals surface area contributed by atoms with E-state index in [1.54, 1.807) is 11.6 Å². The third-order valence-corrected chi connectivity index (χ3v) is 3.95. The van der Waals surface area contributed by atoms with E-state index < -0.39 is 10.8 Å². The molecule has 0 fully saturated rings. The molecule has 0 N–H and O–H groups in total. The van der Waals surface area contributed by atoms with Gasteiger partial charge in [0.05, 0.1) is 21.4 Å². The smallest absolute Gasteiger partial charge is 0.0798 e. The molecule has 0 saturated heterocycles. The Balaban J connectivity index is 2.23. The molecule has 0 aromatic heterocycles. The summed E-state index contributed by atoms with van der Waals surface area (Å²) < 4.78 is 12.0. The molecule has 18 heavy (non-hydrogen) atoms. The summed E-state index contributed by atoms with van der Waals surface area (Å²) in [5.74, 6) is 0. The topological polar surface area (TPSA) is 29.4 Å². The lowest BCUT2D eigenvalue weighted by Gasteiger charge is -2.08. The van der Waals surface area contributed by atoms with Crippen molar-refractivity contribution in [1.29, 1.82) is 0 Å². The van der Waals surface area contributed by atoms with Crippen molar-refractivity contribution in [3.63, 3.8) is 0 Å². The van der Waals surface area contributed by atoms with Crippen molar-refractivity contribution in [2.45, 2.75) is 4.90 Å². The van der Waals surface area contributed by atoms with Crippen LogP contribution < -0.4 is 0 Å². The highest BCUT2D eigenvalue weighted by atomic mass is 32.2. The van der Waals surface area contributed by atoms with Crippen LogP contribution in [0.2, 0.25) is 0 Å². The maximum absolute atomic E-state index is 12.0. The highest BCUT2D eigenvalue weighted by Gasteiger charge is 2.15. The third-order valence-electron chi connectivity index (χ3n) is 2.79. The Bertz CT molecular complexity index is 659. The molecule has 1 heterocycles. The minimum atomic E-state index is -1.12. The van der Waals surface area contributed by atoms with Crippen molar-refractivity contribution >= 4 is 16.5 Å². The number of nitrogens with zero attached hydrogens (tertiary/aromatic N) is 1.